The summed E-state index contributed by atoms with van der Waals surface area (Å²) in [5.74, 6) is 0.261. The van der Waals surface area contributed by atoms with Crippen LogP contribution in [-0.4, -0.2) is 49.6 Å². The molecule has 1 heterocycles. The van der Waals surface area contributed by atoms with E-state index in [1.807, 2.05) is 0 Å². The van der Waals surface area contributed by atoms with Crippen LogP contribution in [0.15, 0.2) is 0 Å². The summed E-state index contributed by atoms with van der Waals surface area (Å²) in [7, 11) is 0. The normalized spacial score (nSPS) is 22.9. The van der Waals surface area contributed by atoms with Gasteiger partial charge in [0.05, 0.1) is 0 Å². The van der Waals surface area contributed by atoms with E-state index in [0.29, 0.717) is 12.5 Å². The number of carbonyl (C=O) groups is 1. The van der Waals surface area contributed by atoms with Crippen LogP contribution in [0.2, 0.25) is 0 Å². The van der Waals surface area contributed by atoms with E-state index in [1.54, 1.807) is 0 Å². The molecule has 0 atom stereocenters. The minimum atomic E-state index is 0.261. The van der Waals surface area contributed by atoms with Crippen molar-refractivity contribution in [2.75, 3.05) is 32.7 Å². The minimum Gasteiger partial charge on any atom is -0.353 e. The lowest BCUT2D eigenvalue weighted by Gasteiger charge is -2.27. The van der Waals surface area contributed by atoms with Gasteiger partial charge in [-0.05, 0) is 25.8 Å². The molecule has 2 rings (SSSR count). The Morgan fingerprint density at radius 3 is 2.61 bits per heavy atom. The first kappa shape index (κ1) is 13.8. The van der Waals surface area contributed by atoms with Crippen LogP contribution in [0.5, 0.6) is 0 Å². The third-order valence-electron chi connectivity index (χ3n) is 4.06. The van der Waals surface area contributed by atoms with E-state index in [-0.39, 0.29) is 5.91 Å². The molecule has 2 N–H and O–H groups in total. The van der Waals surface area contributed by atoms with E-state index >= 15 is 0 Å². The molecule has 0 radical (unpaired) electrons. The number of amides is 1. The molecule has 1 saturated heterocycles. The van der Waals surface area contributed by atoms with Crippen LogP contribution in [0.25, 0.3) is 0 Å². The molecule has 18 heavy (non-hydrogen) atoms. The van der Waals surface area contributed by atoms with E-state index in [0.717, 1.165) is 39.1 Å². The SMILES string of the molecule is O=C(CCCN1CCNCC1)NC1CCCCC1. The van der Waals surface area contributed by atoms with Crippen molar-refractivity contribution in [3.63, 3.8) is 0 Å². The van der Waals surface area contributed by atoms with Crippen molar-refractivity contribution in [3.8, 4) is 0 Å². The Hall–Kier alpha value is -0.610. The van der Waals surface area contributed by atoms with Gasteiger partial charge in [-0.15, -0.1) is 0 Å². The van der Waals surface area contributed by atoms with Crippen molar-refractivity contribution >= 4 is 5.91 Å². The highest BCUT2D eigenvalue weighted by Gasteiger charge is 2.15. The summed E-state index contributed by atoms with van der Waals surface area (Å²) < 4.78 is 0. The molecule has 2 fully saturated rings. The average Bonchev–Trinajstić information content (AvgIpc) is 2.41. The molecular weight excluding hydrogens is 226 g/mol. The fourth-order valence-corrected chi connectivity index (χ4v) is 2.94. The Labute approximate surface area is 110 Å². The standard InChI is InChI=1S/C14H27N3O/c18-14(16-13-5-2-1-3-6-13)7-4-10-17-11-8-15-9-12-17/h13,15H,1-12H2,(H,16,18). The summed E-state index contributed by atoms with van der Waals surface area (Å²) in [5.41, 5.74) is 0. The average molecular weight is 253 g/mol. The monoisotopic (exact) mass is 253 g/mol. The number of rotatable bonds is 5. The second-order valence-corrected chi connectivity index (χ2v) is 5.60. The zero-order chi connectivity index (χ0) is 12.6. The second kappa shape index (κ2) is 7.74. The molecule has 1 saturated carbocycles. The summed E-state index contributed by atoms with van der Waals surface area (Å²) in [6, 6.07) is 0.463. The highest BCUT2D eigenvalue weighted by molar-refractivity contribution is 5.76. The Balaban J connectivity index is 1.53. The smallest absolute Gasteiger partial charge is 0.220 e. The first-order chi connectivity index (χ1) is 8.84. The fraction of sp³-hybridized carbons (Fsp3) is 0.929. The molecule has 0 spiro atoms. The number of hydrogen-bond acceptors (Lipinski definition) is 3. The number of piperazine rings is 1. The quantitative estimate of drug-likeness (QED) is 0.772. The maximum Gasteiger partial charge on any atom is 0.220 e. The summed E-state index contributed by atoms with van der Waals surface area (Å²) in [4.78, 5) is 14.3. The van der Waals surface area contributed by atoms with Crippen LogP contribution in [0, 0.1) is 0 Å². The third kappa shape index (κ3) is 4.94. The summed E-state index contributed by atoms with van der Waals surface area (Å²) >= 11 is 0. The van der Waals surface area contributed by atoms with Crippen LogP contribution in [0.4, 0.5) is 0 Å². The minimum absolute atomic E-state index is 0.261. The highest BCUT2D eigenvalue weighted by Crippen LogP contribution is 2.17. The first-order valence-corrected chi connectivity index (χ1v) is 7.57. The number of hydrogen-bond donors (Lipinski definition) is 2. The predicted octanol–water partition coefficient (Wildman–Crippen LogP) is 1.12. The molecule has 0 aromatic carbocycles. The van der Waals surface area contributed by atoms with Gasteiger partial charge in [-0.3, -0.25) is 4.79 Å². The van der Waals surface area contributed by atoms with Crippen molar-refractivity contribution in [3.05, 3.63) is 0 Å². The van der Waals surface area contributed by atoms with Gasteiger partial charge < -0.3 is 15.5 Å². The molecule has 0 bridgehead atoms. The zero-order valence-corrected chi connectivity index (χ0v) is 11.4. The molecule has 2 aliphatic rings. The van der Waals surface area contributed by atoms with Gasteiger partial charge in [-0.2, -0.15) is 0 Å². The highest BCUT2D eigenvalue weighted by atomic mass is 16.1. The molecule has 4 heteroatoms. The lowest BCUT2D eigenvalue weighted by molar-refractivity contribution is -0.122. The fourth-order valence-electron chi connectivity index (χ4n) is 2.94. The molecule has 4 nitrogen and oxygen atoms in total. The van der Waals surface area contributed by atoms with Crippen LogP contribution in [-0.2, 0) is 4.79 Å². The van der Waals surface area contributed by atoms with E-state index in [1.165, 1.54) is 32.1 Å². The van der Waals surface area contributed by atoms with Crippen molar-refractivity contribution < 1.29 is 4.79 Å². The molecule has 1 aliphatic heterocycles. The Kier molecular flexibility index (Phi) is 5.94. The van der Waals surface area contributed by atoms with E-state index in [9.17, 15) is 4.79 Å². The Morgan fingerprint density at radius 1 is 1.17 bits per heavy atom. The largest absolute Gasteiger partial charge is 0.353 e. The number of nitrogens with one attached hydrogen (secondary N) is 2. The van der Waals surface area contributed by atoms with Gasteiger partial charge in [0.2, 0.25) is 5.91 Å². The van der Waals surface area contributed by atoms with E-state index in [4.69, 9.17) is 0 Å². The van der Waals surface area contributed by atoms with E-state index in [2.05, 4.69) is 15.5 Å². The topological polar surface area (TPSA) is 44.4 Å². The van der Waals surface area contributed by atoms with Gasteiger partial charge in [0, 0.05) is 38.6 Å². The maximum absolute atomic E-state index is 11.8. The van der Waals surface area contributed by atoms with Crippen LogP contribution in [0.3, 0.4) is 0 Å². The molecule has 0 aromatic heterocycles. The lowest BCUT2D eigenvalue weighted by Crippen LogP contribution is -2.44. The summed E-state index contributed by atoms with van der Waals surface area (Å²) in [6.45, 7) is 5.51. The van der Waals surface area contributed by atoms with Crippen LogP contribution >= 0.6 is 0 Å². The van der Waals surface area contributed by atoms with Gasteiger partial charge in [0.15, 0.2) is 0 Å². The van der Waals surface area contributed by atoms with Crippen molar-refractivity contribution in [2.24, 2.45) is 0 Å². The van der Waals surface area contributed by atoms with Crippen molar-refractivity contribution in [1.29, 1.82) is 0 Å². The van der Waals surface area contributed by atoms with Crippen molar-refractivity contribution in [2.45, 2.75) is 51.0 Å². The first-order valence-electron chi connectivity index (χ1n) is 7.57. The van der Waals surface area contributed by atoms with Crippen LogP contribution < -0.4 is 10.6 Å². The van der Waals surface area contributed by atoms with Crippen molar-refractivity contribution in [1.82, 2.24) is 15.5 Å². The molecule has 1 amide bonds. The summed E-state index contributed by atoms with van der Waals surface area (Å²) in [5, 5.41) is 6.53. The molecule has 104 valence electrons. The van der Waals surface area contributed by atoms with Gasteiger partial charge in [0.1, 0.15) is 0 Å². The lowest BCUT2D eigenvalue weighted by atomic mass is 9.95. The van der Waals surface area contributed by atoms with Crippen LogP contribution in [0.1, 0.15) is 44.9 Å². The third-order valence-corrected chi connectivity index (χ3v) is 4.06. The number of carbonyl (C=O) groups excluding carboxylic acids is 1. The molecular formula is C14H27N3O. The maximum atomic E-state index is 11.8. The van der Waals surface area contributed by atoms with Gasteiger partial charge in [-0.25, -0.2) is 0 Å². The van der Waals surface area contributed by atoms with E-state index < -0.39 is 0 Å². The second-order valence-electron chi connectivity index (χ2n) is 5.60. The molecule has 1 aliphatic carbocycles. The Bertz CT molecular complexity index is 245. The Morgan fingerprint density at radius 2 is 1.89 bits per heavy atom. The van der Waals surface area contributed by atoms with Gasteiger partial charge in [0.25, 0.3) is 0 Å². The zero-order valence-electron chi connectivity index (χ0n) is 11.4. The molecule has 0 unspecified atom stereocenters. The predicted molar refractivity (Wildman–Crippen MR) is 73.6 cm³/mol. The molecule has 0 aromatic rings. The number of nitrogens with zero attached hydrogens (tertiary/aromatic N) is 1. The van der Waals surface area contributed by atoms with Gasteiger partial charge >= 0.3 is 0 Å². The summed E-state index contributed by atoms with van der Waals surface area (Å²) in [6.07, 6.45) is 7.97. The van der Waals surface area contributed by atoms with Gasteiger partial charge in [-0.1, -0.05) is 19.3 Å².